The standard InChI is InChI=1S/C12H14N2O4S2/c1-18-11-3-2-10(6-9(11)8-15)20(16,17)14-7-12-13-4-5-19-12/h2-6,14-15H,7-8H2,1H3. The summed E-state index contributed by atoms with van der Waals surface area (Å²) >= 11 is 1.37. The minimum Gasteiger partial charge on any atom is -0.496 e. The molecule has 1 aromatic carbocycles. The fourth-order valence-electron chi connectivity index (χ4n) is 1.63. The van der Waals surface area contributed by atoms with Crippen LogP contribution in [0.4, 0.5) is 0 Å². The molecule has 1 heterocycles. The molecule has 8 heteroatoms. The van der Waals surface area contributed by atoms with Crippen LogP contribution in [0, 0.1) is 0 Å². The first kappa shape index (κ1) is 14.9. The number of hydrogen-bond acceptors (Lipinski definition) is 6. The zero-order chi connectivity index (χ0) is 14.6. The number of nitrogens with zero attached hydrogens (tertiary/aromatic N) is 1. The molecule has 20 heavy (non-hydrogen) atoms. The highest BCUT2D eigenvalue weighted by molar-refractivity contribution is 7.89. The molecule has 1 aromatic heterocycles. The van der Waals surface area contributed by atoms with Crippen molar-refractivity contribution in [1.82, 2.24) is 9.71 Å². The minimum atomic E-state index is -3.64. The second-order valence-electron chi connectivity index (χ2n) is 3.88. The van der Waals surface area contributed by atoms with E-state index in [1.165, 1.54) is 36.6 Å². The molecular weight excluding hydrogens is 300 g/mol. The molecule has 0 unspecified atom stereocenters. The number of methoxy groups -OCH3 is 1. The second kappa shape index (κ2) is 6.31. The lowest BCUT2D eigenvalue weighted by Crippen LogP contribution is -2.23. The third-order valence-corrected chi connectivity index (χ3v) is 4.81. The Kier molecular flexibility index (Phi) is 4.71. The lowest BCUT2D eigenvalue weighted by atomic mass is 10.2. The molecule has 0 aliphatic carbocycles. The van der Waals surface area contributed by atoms with E-state index in [0.717, 1.165) is 0 Å². The highest BCUT2D eigenvalue weighted by Crippen LogP contribution is 2.22. The van der Waals surface area contributed by atoms with Gasteiger partial charge in [-0.15, -0.1) is 11.3 Å². The lowest BCUT2D eigenvalue weighted by Gasteiger charge is -2.10. The summed E-state index contributed by atoms with van der Waals surface area (Å²) in [5.41, 5.74) is 0.421. The van der Waals surface area contributed by atoms with Gasteiger partial charge in [0.05, 0.1) is 25.2 Å². The minimum absolute atomic E-state index is 0.0823. The number of aliphatic hydroxyl groups excluding tert-OH is 1. The van der Waals surface area contributed by atoms with Crippen molar-refractivity contribution in [3.63, 3.8) is 0 Å². The maximum absolute atomic E-state index is 12.1. The molecule has 0 aliphatic rings. The van der Waals surface area contributed by atoms with Crippen molar-refractivity contribution in [2.75, 3.05) is 7.11 Å². The Bertz CT molecular complexity index is 669. The first-order valence-corrected chi connectivity index (χ1v) is 8.09. The van der Waals surface area contributed by atoms with E-state index in [4.69, 9.17) is 4.74 Å². The largest absolute Gasteiger partial charge is 0.496 e. The summed E-state index contributed by atoms with van der Waals surface area (Å²) in [5.74, 6) is 0.450. The summed E-state index contributed by atoms with van der Waals surface area (Å²) in [6.45, 7) is -0.153. The summed E-state index contributed by atoms with van der Waals surface area (Å²) in [6.07, 6.45) is 1.62. The molecule has 0 spiro atoms. The molecule has 0 aliphatic heterocycles. The molecule has 2 aromatic rings. The molecular formula is C12H14N2O4S2. The van der Waals surface area contributed by atoms with Gasteiger partial charge in [-0.3, -0.25) is 0 Å². The van der Waals surface area contributed by atoms with Crippen LogP contribution in [0.5, 0.6) is 5.75 Å². The van der Waals surface area contributed by atoms with Gasteiger partial charge in [0, 0.05) is 17.1 Å². The maximum Gasteiger partial charge on any atom is 0.240 e. The van der Waals surface area contributed by atoms with Crippen molar-refractivity contribution in [1.29, 1.82) is 0 Å². The van der Waals surface area contributed by atoms with E-state index in [1.807, 2.05) is 0 Å². The molecule has 6 nitrogen and oxygen atoms in total. The van der Waals surface area contributed by atoms with Gasteiger partial charge in [-0.2, -0.15) is 0 Å². The zero-order valence-electron chi connectivity index (χ0n) is 10.7. The zero-order valence-corrected chi connectivity index (χ0v) is 12.4. The third kappa shape index (κ3) is 3.34. The van der Waals surface area contributed by atoms with E-state index in [-0.39, 0.29) is 18.0 Å². The summed E-state index contributed by atoms with van der Waals surface area (Å²) in [4.78, 5) is 4.09. The predicted molar refractivity (Wildman–Crippen MR) is 75.1 cm³/mol. The number of aromatic nitrogens is 1. The van der Waals surface area contributed by atoms with Gasteiger partial charge in [-0.05, 0) is 18.2 Å². The number of ether oxygens (including phenoxy) is 1. The topological polar surface area (TPSA) is 88.5 Å². The van der Waals surface area contributed by atoms with E-state index in [0.29, 0.717) is 16.3 Å². The normalized spacial score (nSPS) is 11.5. The van der Waals surface area contributed by atoms with Gasteiger partial charge >= 0.3 is 0 Å². The molecule has 0 bridgehead atoms. The Hall–Kier alpha value is -1.48. The molecule has 0 saturated carbocycles. The summed E-state index contributed by atoms with van der Waals surface area (Å²) in [5, 5.41) is 11.7. The van der Waals surface area contributed by atoms with Gasteiger partial charge < -0.3 is 9.84 Å². The Morgan fingerprint density at radius 2 is 2.25 bits per heavy atom. The van der Waals surface area contributed by atoms with Gasteiger partial charge in [0.1, 0.15) is 10.8 Å². The number of rotatable bonds is 6. The van der Waals surface area contributed by atoms with Crippen molar-refractivity contribution >= 4 is 21.4 Å². The number of thiazole rings is 1. The Balaban J connectivity index is 2.20. The highest BCUT2D eigenvalue weighted by Gasteiger charge is 2.16. The number of sulfonamides is 1. The van der Waals surface area contributed by atoms with Crippen LogP contribution in [0.15, 0.2) is 34.7 Å². The Morgan fingerprint density at radius 3 is 2.85 bits per heavy atom. The second-order valence-corrected chi connectivity index (χ2v) is 6.63. The molecule has 2 N–H and O–H groups in total. The van der Waals surface area contributed by atoms with Gasteiger partial charge in [0.25, 0.3) is 0 Å². The lowest BCUT2D eigenvalue weighted by molar-refractivity contribution is 0.273. The quantitative estimate of drug-likeness (QED) is 0.834. The van der Waals surface area contributed by atoms with E-state index in [1.54, 1.807) is 11.6 Å². The monoisotopic (exact) mass is 314 g/mol. The van der Waals surface area contributed by atoms with Gasteiger partial charge in [-0.25, -0.2) is 18.1 Å². The number of nitrogens with one attached hydrogen (secondary N) is 1. The fourth-order valence-corrected chi connectivity index (χ4v) is 3.31. The fraction of sp³-hybridized carbons (Fsp3) is 0.250. The smallest absolute Gasteiger partial charge is 0.240 e. The predicted octanol–water partition coefficient (Wildman–Crippen LogP) is 1.12. The van der Waals surface area contributed by atoms with Crippen LogP contribution in [-0.4, -0.2) is 25.6 Å². The molecule has 0 saturated heterocycles. The molecule has 0 atom stereocenters. The molecule has 0 fully saturated rings. The first-order chi connectivity index (χ1) is 9.56. The van der Waals surface area contributed by atoms with Crippen LogP contribution < -0.4 is 9.46 Å². The molecule has 108 valence electrons. The van der Waals surface area contributed by atoms with E-state index in [2.05, 4.69) is 9.71 Å². The van der Waals surface area contributed by atoms with Crippen LogP contribution in [0.1, 0.15) is 10.6 Å². The van der Waals surface area contributed by atoms with E-state index >= 15 is 0 Å². The van der Waals surface area contributed by atoms with Crippen LogP contribution >= 0.6 is 11.3 Å². The summed E-state index contributed by atoms with van der Waals surface area (Å²) in [7, 11) is -2.18. The van der Waals surface area contributed by atoms with Gasteiger partial charge in [-0.1, -0.05) is 0 Å². The Labute approximate surface area is 121 Å². The maximum atomic E-state index is 12.1. The average molecular weight is 314 g/mol. The number of aliphatic hydroxyl groups is 1. The van der Waals surface area contributed by atoms with E-state index in [9.17, 15) is 13.5 Å². The SMILES string of the molecule is COc1ccc(S(=O)(=O)NCc2nccs2)cc1CO. The van der Waals surface area contributed by atoms with Crippen molar-refractivity contribution in [2.24, 2.45) is 0 Å². The van der Waals surface area contributed by atoms with Crippen LogP contribution in [0.25, 0.3) is 0 Å². The van der Waals surface area contributed by atoms with Crippen LogP contribution in [0.3, 0.4) is 0 Å². The summed E-state index contributed by atoms with van der Waals surface area (Å²) < 4.78 is 31.8. The van der Waals surface area contributed by atoms with Gasteiger partial charge in [0.15, 0.2) is 0 Å². The van der Waals surface area contributed by atoms with Gasteiger partial charge in [0.2, 0.25) is 10.0 Å². The van der Waals surface area contributed by atoms with E-state index < -0.39 is 10.0 Å². The number of benzene rings is 1. The van der Waals surface area contributed by atoms with Crippen molar-refractivity contribution in [2.45, 2.75) is 18.0 Å². The van der Waals surface area contributed by atoms with Crippen LogP contribution in [0.2, 0.25) is 0 Å². The highest BCUT2D eigenvalue weighted by atomic mass is 32.2. The van der Waals surface area contributed by atoms with Crippen molar-refractivity contribution < 1.29 is 18.3 Å². The van der Waals surface area contributed by atoms with Crippen molar-refractivity contribution in [3.05, 3.63) is 40.3 Å². The van der Waals surface area contributed by atoms with Crippen molar-refractivity contribution in [3.8, 4) is 5.75 Å². The summed E-state index contributed by atoms with van der Waals surface area (Å²) in [6, 6.07) is 4.34. The first-order valence-electron chi connectivity index (χ1n) is 5.72. The third-order valence-electron chi connectivity index (χ3n) is 2.63. The number of hydrogen-bond donors (Lipinski definition) is 2. The Morgan fingerprint density at radius 1 is 1.45 bits per heavy atom. The van der Waals surface area contributed by atoms with Crippen LogP contribution in [-0.2, 0) is 23.2 Å². The molecule has 2 rings (SSSR count). The molecule has 0 radical (unpaired) electrons. The molecule has 0 amide bonds. The average Bonchev–Trinajstić information content (AvgIpc) is 2.97.